The van der Waals surface area contributed by atoms with Crippen molar-refractivity contribution in [2.45, 2.75) is 45.8 Å². The molecule has 0 aliphatic rings. The van der Waals surface area contributed by atoms with Gasteiger partial charge < -0.3 is 15.0 Å². The number of rotatable bonds is 10. The van der Waals surface area contributed by atoms with Crippen molar-refractivity contribution in [2.24, 2.45) is 0 Å². The van der Waals surface area contributed by atoms with Crippen molar-refractivity contribution in [3.8, 4) is 5.75 Å². The molecule has 0 radical (unpaired) electrons. The molecule has 0 heterocycles. The number of carbonyl (C=O) groups excluding carboxylic acids is 2. The number of carbonyl (C=O) groups is 2. The van der Waals surface area contributed by atoms with Gasteiger partial charge in [0.1, 0.15) is 6.04 Å². The van der Waals surface area contributed by atoms with E-state index in [4.69, 9.17) is 4.74 Å². The summed E-state index contributed by atoms with van der Waals surface area (Å²) in [4.78, 5) is 28.2. The maximum absolute atomic E-state index is 14.0. The highest BCUT2D eigenvalue weighted by molar-refractivity contribution is 5.88. The summed E-state index contributed by atoms with van der Waals surface area (Å²) in [6.45, 7) is 5.59. The van der Waals surface area contributed by atoms with Crippen LogP contribution in [-0.2, 0) is 22.6 Å². The summed E-state index contributed by atoms with van der Waals surface area (Å²) in [5, 5.41) is 2.94. The number of halogens is 1. The molecule has 3 aromatic rings. The van der Waals surface area contributed by atoms with Crippen molar-refractivity contribution >= 4 is 11.8 Å². The molecule has 0 aromatic heterocycles. The molecule has 2 amide bonds. The van der Waals surface area contributed by atoms with Gasteiger partial charge in [-0.25, -0.2) is 4.39 Å². The van der Waals surface area contributed by atoms with Crippen LogP contribution in [0.3, 0.4) is 0 Å². The largest absolute Gasteiger partial charge is 0.481 e. The van der Waals surface area contributed by atoms with Gasteiger partial charge in [-0.3, -0.25) is 9.59 Å². The van der Waals surface area contributed by atoms with Crippen LogP contribution in [0.25, 0.3) is 0 Å². The van der Waals surface area contributed by atoms with Crippen molar-refractivity contribution < 1.29 is 18.7 Å². The second-order valence-electron chi connectivity index (χ2n) is 8.60. The molecule has 0 fully saturated rings. The molecule has 0 aliphatic heterocycles. The number of amides is 2. The monoisotopic (exact) mass is 462 g/mol. The lowest BCUT2D eigenvalue weighted by Crippen LogP contribution is -2.52. The van der Waals surface area contributed by atoms with Crippen LogP contribution in [0.2, 0.25) is 0 Å². The molecule has 5 nitrogen and oxygen atoms in total. The van der Waals surface area contributed by atoms with Crippen LogP contribution in [0, 0.1) is 12.7 Å². The van der Waals surface area contributed by atoms with Gasteiger partial charge in [0.25, 0.3) is 5.91 Å². The zero-order valence-electron chi connectivity index (χ0n) is 19.8. The fourth-order valence-electron chi connectivity index (χ4n) is 3.61. The Labute approximate surface area is 200 Å². The van der Waals surface area contributed by atoms with Crippen LogP contribution < -0.4 is 10.1 Å². The van der Waals surface area contributed by atoms with Crippen molar-refractivity contribution in [3.05, 3.63) is 101 Å². The summed E-state index contributed by atoms with van der Waals surface area (Å²) in [6.07, 6.45) is 0.344. The third kappa shape index (κ3) is 7.17. The minimum atomic E-state index is -0.761. The first-order chi connectivity index (χ1) is 16.3. The molecule has 1 unspecified atom stereocenters. The number of nitrogens with one attached hydrogen (secondary N) is 1. The zero-order valence-corrected chi connectivity index (χ0v) is 19.8. The number of nitrogens with zero attached hydrogens (tertiary/aromatic N) is 1. The normalized spacial score (nSPS) is 11.7. The molecule has 0 spiro atoms. The summed E-state index contributed by atoms with van der Waals surface area (Å²) >= 11 is 0. The van der Waals surface area contributed by atoms with Gasteiger partial charge in [-0.1, -0.05) is 72.3 Å². The predicted molar refractivity (Wildman–Crippen MR) is 131 cm³/mol. The van der Waals surface area contributed by atoms with Gasteiger partial charge >= 0.3 is 0 Å². The number of hydrogen-bond acceptors (Lipinski definition) is 3. The van der Waals surface area contributed by atoms with Gasteiger partial charge in [-0.05, 0) is 44.0 Å². The summed E-state index contributed by atoms with van der Waals surface area (Å²) in [7, 11) is 0. The highest BCUT2D eigenvalue weighted by atomic mass is 19.1. The van der Waals surface area contributed by atoms with Crippen LogP contribution in [-0.4, -0.2) is 35.4 Å². The topological polar surface area (TPSA) is 58.6 Å². The van der Waals surface area contributed by atoms with E-state index < -0.39 is 17.8 Å². The molecule has 0 bridgehead atoms. The van der Waals surface area contributed by atoms with Gasteiger partial charge in [-0.15, -0.1) is 0 Å². The van der Waals surface area contributed by atoms with Gasteiger partial charge in [0.15, 0.2) is 18.2 Å². The lowest BCUT2D eigenvalue weighted by molar-refractivity contribution is -0.143. The lowest BCUT2D eigenvalue weighted by atomic mass is 10.0. The Morgan fingerprint density at radius 3 is 2.21 bits per heavy atom. The average molecular weight is 463 g/mol. The number of para-hydroxylation sites is 1. The summed E-state index contributed by atoms with van der Waals surface area (Å²) in [5.74, 6) is -1.19. The Morgan fingerprint density at radius 2 is 1.56 bits per heavy atom. The van der Waals surface area contributed by atoms with Crippen LogP contribution in [0.4, 0.5) is 4.39 Å². The molecule has 0 aliphatic carbocycles. The summed E-state index contributed by atoms with van der Waals surface area (Å²) in [5.41, 5.74) is 2.92. The number of hydrogen-bond donors (Lipinski definition) is 1. The molecule has 178 valence electrons. The van der Waals surface area contributed by atoms with E-state index in [0.29, 0.717) is 6.42 Å². The second-order valence-corrected chi connectivity index (χ2v) is 8.60. The van der Waals surface area contributed by atoms with E-state index in [2.05, 4.69) is 5.32 Å². The molecule has 34 heavy (non-hydrogen) atoms. The zero-order chi connectivity index (χ0) is 24.5. The van der Waals surface area contributed by atoms with E-state index in [0.717, 1.165) is 16.7 Å². The molecule has 0 saturated carbocycles. The molecule has 0 saturated heterocycles. The molecular weight excluding hydrogens is 431 g/mol. The Kier molecular flexibility index (Phi) is 8.79. The van der Waals surface area contributed by atoms with Gasteiger partial charge in [0, 0.05) is 19.0 Å². The van der Waals surface area contributed by atoms with Gasteiger partial charge in [0.05, 0.1) is 0 Å². The second kappa shape index (κ2) is 12.0. The van der Waals surface area contributed by atoms with Gasteiger partial charge in [0.2, 0.25) is 5.91 Å². The van der Waals surface area contributed by atoms with Crippen LogP contribution in [0.1, 0.15) is 30.5 Å². The number of benzene rings is 3. The quantitative estimate of drug-likeness (QED) is 0.476. The maximum atomic E-state index is 14.0. The first-order valence-corrected chi connectivity index (χ1v) is 11.4. The standard InChI is InChI=1S/C28H31FN2O3/c1-20(2)30-28(33)25(17-22-9-5-4-6-10-22)31(18-23-15-13-21(3)14-16-23)27(32)19-34-26-12-8-7-11-24(26)29/h4-16,20,25H,17-19H2,1-3H3,(H,30,33). The van der Waals surface area contributed by atoms with Gasteiger partial charge in [-0.2, -0.15) is 0 Å². The average Bonchev–Trinajstić information content (AvgIpc) is 2.82. The number of ether oxygens (including phenoxy) is 1. The van der Waals surface area contributed by atoms with E-state index in [9.17, 15) is 14.0 Å². The van der Waals surface area contributed by atoms with Crippen molar-refractivity contribution in [1.82, 2.24) is 10.2 Å². The SMILES string of the molecule is Cc1ccc(CN(C(=O)COc2ccccc2F)C(Cc2ccccc2)C(=O)NC(C)C)cc1. The Balaban J connectivity index is 1.91. The Bertz CT molecular complexity index is 1080. The fraction of sp³-hybridized carbons (Fsp3) is 0.286. The van der Waals surface area contributed by atoms with E-state index in [1.807, 2.05) is 75.4 Å². The van der Waals surface area contributed by atoms with Crippen molar-refractivity contribution in [2.75, 3.05) is 6.61 Å². The maximum Gasteiger partial charge on any atom is 0.261 e. The minimum absolute atomic E-state index is 0.00243. The predicted octanol–water partition coefficient (Wildman–Crippen LogP) is 4.68. The van der Waals surface area contributed by atoms with Crippen LogP contribution in [0.5, 0.6) is 5.75 Å². The Hall–Kier alpha value is -3.67. The van der Waals surface area contributed by atoms with E-state index in [1.54, 1.807) is 12.1 Å². The smallest absolute Gasteiger partial charge is 0.261 e. The summed E-state index contributed by atoms with van der Waals surface area (Å²) in [6, 6.07) is 22.5. The Morgan fingerprint density at radius 1 is 0.912 bits per heavy atom. The highest BCUT2D eigenvalue weighted by Gasteiger charge is 2.31. The van der Waals surface area contributed by atoms with Crippen molar-refractivity contribution in [1.29, 1.82) is 0 Å². The first-order valence-electron chi connectivity index (χ1n) is 11.4. The minimum Gasteiger partial charge on any atom is -0.481 e. The lowest BCUT2D eigenvalue weighted by Gasteiger charge is -2.32. The molecule has 3 aromatic carbocycles. The third-order valence-corrected chi connectivity index (χ3v) is 5.36. The van der Waals surface area contributed by atoms with Crippen LogP contribution >= 0.6 is 0 Å². The fourth-order valence-corrected chi connectivity index (χ4v) is 3.61. The highest BCUT2D eigenvalue weighted by Crippen LogP contribution is 2.18. The molecule has 1 N–H and O–H groups in total. The van der Waals surface area contributed by atoms with E-state index >= 15 is 0 Å². The van der Waals surface area contributed by atoms with E-state index in [1.165, 1.54) is 17.0 Å². The third-order valence-electron chi connectivity index (χ3n) is 5.36. The number of aryl methyl sites for hydroxylation is 1. The molecular formula is C28H31FN2O3. The van der Waals surface area contributed by atoms with E-state index in [-0.39, 0.29) is 30.9 Å². The van der Waals surface area contributed by atoms with Crippen molar-refractivity contribution in [3.63, 3.8) is 0 Å². The first kappa shape index (κ1) is 25.0. The summed E-state index contributed by atoms with van der Waals surface area (Å²) < 4.78 is 19.5. The molecule has 3 rings (SSSR count). The molecule has 6 heteroatoms. The van der Waals surface area contributed by atoms with Crippen LogP contribution in [0.15, 0.2) is 78.9 Å². The molecule has 1 atom stereocenters.